The second-order valence-corrected chi connectivity index (χ2v) is 7.29. The molecule has 5 nitrogen and oxygen atoms in total. The minimum absolute atomic E-state index is 0.00992. The molecule has 0 spiro atoms. The molecule has 0 heterocycles. The lowest BCUT2D eigenvalue weighted by Crippen LogP contribution is -2.31. The number of anilines is 1. The summed E-state index contributed by atoms with van der Waals surface area (Å²) in [4.78, 5) is 24.9. The lowest BCUT2D eigenvalue weighted by molar-refractivity contribution is 0.0944. The van der Waals surface area contributed by atoms with Gasteiger partial charge in [0.25, 0.3) is 11.8 Å². The predicted octanol–water partition coefficient (Wildman–Crippen LogP) is 4.63. The van der Waals surface area contributed by atoms with Crippen molar-refractivity contribution in [2.75, 3.05) is 5.32 Å². The molecular formula is C20H23BrN2O3. The van der Waals surface area contributed by atoms with Crippen molar-refractivity contribution >= 4 is 33.4 Å². The second kappa shape index (κ2) is 8.85. The standard InChI is InChI=1S/C20H23BrN2O3/c1-12(2)22-20(25)15-7-5-6-8-17(15)23-19(24)14-9-10-18(16(21)11-14)26-13(3)4/h5-13H,1-4H3,(H,22,25)(H,23,24). The molecule has 0 aromatic heterocycles. The maximum atomic E-state index is 12.6. The predicted molar refractivity (Wildman–Crippen MR) is 107 cm³/mol. The number of hydrogen-bond acceptors (Lipinski definition) is 3. The van der Waals surface area contributed by atoms with Gasteiger partial charge in [0, 0.05) is 11.6 Å². The van der Waals surface area contributed by atoms with E-state index in [1.807, 2.05) is 27.7 Å². The number of halogens is 1. The van der Waals surface area contributed by atoms with Crippen molar-refractivity contribution in [1.82, 2.24) is 5.32 Å². The molecule has 0 aliphatic rings. The minimum atomic E-state index is -0.299. The van der Waals surface area contributed by atoms with Crippen molar-refractivity contribution < 1.29 is 14.3 Å². The molecule has 0 unspecified atom stereocenters. The van der Waals surface area contributed by atoms with Crippen molar-refractivity contribution in [2.24, 2.45) is 0 Å². The number of hydrogen-bond donors (Lipinski definition) is 2. The van der Waals surface area contributed by atoms with E-state index < -0.39 is 0 Å². The molecule has 0 aliphatic carbocycles. The van der Waals surface area contributed by atoms with Crippen LogP contribution in [0.3, 0.4) is 0 Å². The SMILES string of the molecule is CC(C)NC(=O)c1ccccc1NC(=O)c1ccc(OC(C)C)c(Br)c1. The van der Waals surface area contributed by atoms with Gasteiger partial charge in [-0.3, -0.25) is 9.59 Å². The van der Waals surface area contributed by atoms with E-state index in [1.165, 1.54) is 0 Å². The van der Waals surface area contributed by atoms with Crippen LogP contribution in [0, 0.1) is 0 Å². The van der Waals surface area contributed by atoms with Gasteiger partial charge in [0.1, 0.15) is 5.75 Å². The van der Waals surface area contributed by atoms with Crippen LogP contribution in [0.15, 0.2) is 46.9 Å². The lowest BCUT2D eigenvalue weighted by Gasteiger charge is -2.14. The molecule has 0 saturated carbocycles. The fourth-order valence-electron chi connectivity index (χ4n) is 2.32. The van der Waals surface area contributed by atoms with Gasteiger partial charge in [0.15, 0.2) is 0 Å². The van der Waals surface area contributed by atoms with Crippen molar-refractivity contribution in [3.63, 3.8) is 0 Å². The highest BCUT2D eigenvalue weighted by Crippen LogP contribution is 2.27. The first kappa shape index (κ1) is 20.0. The van der Waals surface area contributed by atoms with Crippen molar-refractivity contribution in [1.29, 1.82) is 0 Å². The highest BCUT2D eigenvalue weighted by Gasteiger charge is 2.15. The lowest BCUT2D eigenvalue weighted by atomic mass is 10.1. The van der Waals surface area contributed by atoms with Crippen molar-refractivity contribution in [3.8, 4) is 5.75 Å². The third-order valence-corrected chi connectivity index (χ3v) is 4.02. The number of nitrogens with one attached hydrogen (secondary N) is 2. The molecule has 2 aromatic rings. The van der Waals surface area contributed by atoms with Crippen LogP contribution in [-0.4, -0.2) is 24.0 Å². The zero-order valence-electron chi connectivity index (χ0n) is 15.3. The van der Waals surface area contributed by atoms with E-state index in [0.717, 1.165) is 0 Å². The third-order valence-electron chi connectivity index (χ3n) is 3.40. The van der Waals surface area contributed by atoms with E-state index in [2.05, 4.69) is 26.6 Å². The monoisotopic (exact) mass is 418 g/mol. The average molecular weight is 419 g/mol. The molecular weight excluding hydrogens is 396 g/mol. The first-order valence-electron chi connectivity index (χ1n) is 8.45. The van der Waals surface area contributed by atoms with Crippen LogP contribution >= 0.6 is 15.9 Å². The van der Waals surface area contributed by atoms with Gasteiger partial charge in [-0.05, 0) is 74.0 Å². The average Bonchev–Trinajstić information content (AvgIpc) is 2.56. The molecule has 0 saturated heterocycles. The molecule has 138 valence electrons. The second-order valence-electron chi connectivity index (χ2n) is 6.44. The Morgan fingerprint density at radius 1 is 1.00 bits per heavy atom. The molecule has 0 radical (unpaired) electrons. The summed E-state index contributed by atoms with van der Waals surface area (Å²) in [7, 11) is 0. The van der Waals surface area contributed by atoms with Crippen LogP contribution in [0.1, 0.15) is 48.4 Å². The smallest absolute Gasteiger partial charge is 0.255 e. The zero-order chi connectivity index (χ0) is 19.3. The Bertz CT molecular complexity index is 803. The molecule has 0 bridgehead atoms. The van der Waals surface area contributed by atoms with Crippen molar-refractivity contribution in [2.45, 2.75) is 39.8 Å². The summed E-state index contributed by atoms with van der Waals surface area (Å²) in [6.45, 7) is 7.65. The Balaban J connectivity index is 2.20. The number of carbonyl (C=O) groups excluding carboxylic acids is 2. The number of rotatable bonds is 6. The Hall–Kier alpha value is -2.34. The largest absolute Gasteiger partial charge is 0.490 e. The van der Waals surface area contributed by atoms with Gasteiger partial charge in [-0.25, -0.2) is 0 Å². The Kier molecular flexibility index (Phi) is 6.80. The van der Waals surface area contributed by atoms with E-state index in [0.29, 0.717) is 27.0 Å². The summed E-state index contributed by atoms with van der Waals surface area (Å²) >= 11 is 3.43. The number of ether oxygens (including phenoxy) is 1. The molecule has 2 rings (SSSR count). The summed E-state index contributed by atoms with van der Waals surface area (Å²) in [6, 6.07) is 12.1. The number of benzene rings is 2. The summed E-state index contributed by atoms with van der Waals surface area (Å²) in [5, 5.41) is 5.64. The number of para-hydroxylation sites is 1. The normalized spacial score (nSPS) is 10.7. The summed E-state index contributed by atoms with van der Waals surface area (Å²) in [5.41, 5.74) is 1.36. The van der Waals surface area contributed by atoms with Crippen LogP contribution in [0.4, 0.5) is 5.69 Å². The Labute approximate surface area is 162 Å². The Morgan fingerprint density at radius 3 is 2.31 bits per heavy atom. The van der Waals surface area contributed by atoms with E-state index in [4.69, 9.17) is 4.74 Å². The maximum Gasteiger partial charge on any atom is 0.255 e. The topological polar surface area (TPSA) is 67.4 Å². The fourth-order valence-corrected chi connectivity index (χ4v) is 2.79. The van der Waals surface area contributed by atoms with E-state index in [-0.39, 0.29) is 24.0 Å². The van der Waals surface area contributed by atoms with E-state index in [9.17, 15) is 9.59 Å². The highest BCUT2D eigenvalue weighted by molar-refractivity contribution is 9.10. The first-order chi connectivity index (χ1) is 12.3. The molecule has 0 atom stereocenters. The number of carbonyl (C=O) groups is 2. The van der Waals surface area contributed by atoms with Gasteiger partial charge in [-0.2, -0.15) is 0 Å². The van der Waals surface area contributed by atoms with Crippen LogP contribution in [-0.2, 0) is 0 Å². The molecule has 26 heavy (non-hydrogen) atoms. The Morgan fingerprint density at radius 2 is 1.69 bits per heavy atom. The van der Waals surface area contributed by atoms with Gasteiger partial charge in [-0.15, -0.1) is 0 Å². The third kappa shape index (κ3) is 5.33. The zero-order valence-corrected chi connectivity index (χ0v) is 16.9. The van der Waals surface area contributed by atoms with Gasteiger partial charge in [0.2, 0.25) is 0 Å². The molecule has 2 N–H and O–H groups in total. The summed E-state index contributed by atoms with van der Waals surface area (Å²) < 4.78 is 6.35. The molecule has 0 fully saturated rings. The minimum Gasteiger partial charge on any atom is -0.490 e. The molecule has 2 amide bonds. The highest BCUT2D eigenvalue weighted by atomic mass is 79.9. The van der Waals surface area contributed by atoms with Crippen molar-refractivity contribution in [3.05, 3.63) is 58.1 Å². The number of amides is 2. The van der Waals surface area contributed by atoms with Crippen LogP contribution in [0.5, 0.6) is 5.75 Å². The summed E-state index contributed by atoms with van der Waals surface area (Å²) in [6.07, 6.45) is 0.0392. The van der Waals surface area contributed by atoms with Gasteiger partial charge >= 0.3 is 0 Å². The molecule has 2 aromatic carbocycles. The van der Waals surface area contributed by atoms with Gasteiger partial charge in [-0.1, -0.05) is 12.1 Å². The molecule has 0 aliphatic heterocycles. The first-order valence-corrected chi connectivity index (χ1v) is 9.24. The van der Waals surface area contributed by atoms with Crippen LogP contribution in [0.2, 0.25) is 0 Å². The summed E-state index contributed by atoms with van der Waals surface area (Å²) in [5.74, 6) is 0.151. The van der Waals surface area contributed by atoms with Gasteiger partial charge < -0.3 is 15.4 Å². The fraction of sp³-hybridized carbons (Fsp3) is 0.300. The van der Waals surface area contributed by atoms with E-state index in [1.54, 1.807) is 42.5 Å². The quantitative estimate of drug-likeness (QED) is 0.718. The molecule has 6 heteroatoms. The maximum absolute atomic E-state index is 12.6. The van der Waals surface area contributed by atoms with E-state index >= 15 is 0 Å². The van der Waals surface area contributed by atoms with Crippen LogP contribution < -0.4 is 15.4 Å². The van der Waals surface area contributed by atoms with Crippen LogP contribution in [0.25, 0.3) is 0 Å². The van der Waals surface area contributed by atoms with Gasteiger partial charge in [0.05, 0.1) is 21.8 Å².